The van der Waals surface area contributed by atoms with Gasteiger partial charge in [-0.3, -0.25) is 0 Å². The molecule has 0 fully saturated rings. The zero-order chi connectivity index (χ0) is 14.3. The topological polar surface area (TPSA) is 0 Å². The number of hydrogen-bond donors (Lipinski definition) is 0. The summed E-state index contributed by atoms with van der Waals surface area (Å²) in [6.45, 7) is 22.5. The Balaban J connectivity index is 0. The van der Waals surface area contributed by atoms with Crippen molar-refractivity contribution < 1.29 is 0 Å². The van der Waals surface area contributed by atoms with Gasteiger partial charge in [0.15, 0.2) is 0 Å². The van der Waals surface area contributed by atoms with Crippen LogP contribution in [0.15, 0.2) is 12.2 Å². The predicted molar refractivity (Wildman–Crippen MR) is 82.4 cm³/mol. The minimum Gasteiger partial charge on any atom is -0.0916 e. The van der Waals surface area contributed by atoms with Gasteiger partial charge in [-0.25, -0.2) is 0 Å². The van der Waals surface area contributed by atoms with E-state index < -0.39 is 0 Å². The molecule has 0 aromatic rings. The van der Waals surface area contributed by atoms with E-state index in [0.29, 0.717) is 16.2 Å². The van der Waals surface area contributed by atoms with Crippen molar-refractivity contribution >= 4 is 0 Å². The van der Waals surface area contributed by atoms with Gasteiger partial charge in [-0.05, 0) is 36.0 Å². The smallest absolute Gasteiger partial charge is 0.0299 e. The van der Waals surface area contributed by atoms with E-state index in [1.165, 1.54) is 12.8 Å². The summed E-state index contributed by atoms with van der Waals surface area (Å²) >= 11 is 0. The molecule has 0 nitrogen and oxygen atoms in total. The highest BCUT2D eigenvalue weighted by atomic mass is 14.3. The quantitative estimate of drug-likeness (QED) is 0.496. The fourth-order valence-corrected chi connectivity index (χ4v) is 1.94. The first-order valence-electron chi connectivity index (χ1n) is 6.88. The Morgan fingerprint density at radius 3 is 1.35 bits per heavy atom. The molecule has 0 rings (SSSR count). The molecule has 17 heavy (non-hydrogen) atoms. The van der Waals surface area contributed by atoms with Gasteiger partial charge in [-0.15, -0.1) is 0 Å². The third-order valence-electron chi connectivity index (χ3n) is 1.92. The molecule has 0 saturated heterocycles. The summed E-state index contributed by atoms with van der Waals surface area (Å²) in [6, 6.07) is 0. The normalized spacial score (nSPS) is 13.5. The second-order valence-corrected chi connectivity index (χ2v) is 8.67. The van der Waals surface area contributed by atoms with Crippen LogP contribution in [0.1, 0.15) is 82.1 Å². The Kier molecular flexibility index (Phi) is 8.12. The number of rotatable bonds is 3. The van der Waals surface area contributed by atoms with Crippen LogP contribution in [0, 0.1) is 16.2 Å². The molecule has 0 aromatic carbocycles. The monoisotopic (exact) mass is 240 g/mol. The zero-order valence-electron chi connectivity index (χ0n) is 14.1. The molecule has 0 unspecified atom stereocenters. The Morgan fingerprint density at radius 1 is 0.765 bits per heavy atom. The Bertz CT molecular complexity index is 199. The maximum atomic E-state index is 2.35. The lowest BCUT2D eigenvalue weighted by molar-refractivity contribution is 0.215. The van der Waals surface area contributed by atoms with Crippen LogP contribution in [0.2, 0.25) is 0 Å². The summed E-state index contributed by atoms with van der Waals surface area (Å²) in [4.78, 5) is 0. The fraction of sp³-hybridized carbons (Fsp3) is 0.882. The van der Waals surface area contributed by atoms with E-state index in [0.717, 1.165) is 0 Å². The fourth-order valence-electron chi connectivity index (χ4n) is 1.94. The van der Waals surface area contributed by atoms with Gasteiger partial charge in [0.25, 0.3) is 0 Å². The maximum absolute atomic E-state index is 2.35. The molecule has 0 spiro atoms. The molecule has 0 saturated carbocycles. The molecule has 0 aliphatic heterocycles. The van der Waals surface area contributed by atoms with E-state index in [2.05, 4.69) is 81.4 Å². The Morgan fingerprint density at radius 2 is 1.12 bits per heavy atom. The maximum Gasteiger partial charge on any atom is -0.0299 e. The summed E-state index contributed by atoms with van der Waals surface area (Å²) < 4.78 is 0. The van der Waals surface area contributed by atoms with Gasteiger partial charge in [0.2, 0.25) is 0 Å². The van der Waals surface area contributed by atoms with Crippen molar-refractivity contribution in [2.45, 2.75) is 82.1 Å². The first-order chi connectivity index (χ1) is 7.27. The largest absolute Gasteiger partial charge is 0.0916 e. The predicted octanol–water partition coefficient (Wildman–Crippen LogP) is 6.47. The summed E-state index contributed by atoms with van der Waals surface area (Å²) in [7, 11) is 0. The summed E-state index contributed by atoms with van der Waals surface area (Å²) in [5, 5.41) is 0. The highest BCUT2D eigenvalue weighted by molar-refractivity contribution is 4.86. The van der Waals surface area contributed by atoms with Gasteiger partial charge in [0.1, 0.15) is 0 Å². The van der Waals surface area contributed by atoms with Crippen molar-refractivity contribution in [1.29, 1.82) is 0 Å². The van der Waals surface area contributed by atoms with E-state index >= 15 is 0 Å². The van der Waals surface area contributed by atoms with Crippen molar-refractivity contribution in [3.05, 3.63) is 12.2 Å². The molecule has 0 aliphatic carbocycles. The van der Waals surface area contributed by atoms with Crippen LogP contribution < -0.4 is 0 Å². The van der Waals surface area contributed by atoms with Crippen molar-refractivity contribution in [3.8, 4) is 0 Å². The first-order valence-corrected chi connectivity index (χ1v) is 6.88. The minimum atomic E-state index is 0.449. The van der Waals surface area contributed by atoms with Gasteiger partial charge in [-0.1, -0.05) is 74.5 Å². The summed E-state index contributed by atoms with van der Waals surface area (Å²) in [6.07, 6.45) is 6.89. The molecule has 0 bridgehead atoms. The molecule has 104 valence electrons. The van der Waals surface area contributed by atoms with E-state index in [4.69, 9.17) is 0 Å². The molecule has 0 heterocycles. The zero-order valence-corrected chi connectivity index (χ0v) is 14.1. The van der Waals surface area contributed by atoms with Crippen LogP contribution in [-0.2, 0) is 0 Å². The van der Waals surface area contributed by atoms with Gasteiger partial charge in [0, 0.05) is 0 Å². The van der Waals surface area contributed by atoms with Gasteiger partial charge < -0.3 is 0 Å². The summed E-state index contributed by atoms with van der Waals surface area (Å²) in [5.41, 5.74) is 1.40. The van der Waals surface area contributed by atoms with E-state index in [9.17, 15) is 0 Å². The van der Waals surface area contributed by atoms with Crippen LogP contribution >= 0.6 is 0 Å². The molecule has 0 heteroatoms. The SMILES string of the molecule is CC(C)(C)C.CC=CCC(C)(C)CC(C)(C)C. The average molecular weight is 240 g/mol. The van der Waals surface area contributed by atoms with E-state index in [1.54, 1.807) is 0 Å². The van der Waals surface area contributed by atoms with Crippen molar-refractivity contribution in [1.82, 2.24) is 0 Å². The Labute approximate surface area is 111 Å². The second kappa shape index (κ2) is 7.24. The molecule has 0 aromatic heterocycles. The highest BCUT2D eigenvalue weighted by Crippen LogP contribution is 2.35. The standard InChI is InChI=1S/C12H24.C5H12/c1-7-8-9-12(5,6)10-11(2,3)4;1-5(2,3)4/h7-8H,9-10H2,1-6H3;1-4H3. The van der Waals surface area contributed by atoms with Crippen LogP contribution in [-0.4, -0.2) is 0 Å². The van der Waals surface area contributed by atoms with Crippen LogP contribution in [0.25, 0.3) is 0 Å². The van der Waals surface area contributed by atoms with E-state index in [1.807, 2.05) is 0 Å². The second-order valence-electron chi connectivity index (χ2n) is 8.67. The third kappa shape index (κ3) is 25.8. The molecule has 0 N–H and O–H groups in total. The lowest BCUT2D eigenvalue weighted by Crippen LogP contribution is -2.19. The van der Waals surface area contributed by atoms with Crippen molar-refractivity contribution in [3.63, 3.8) is 0 Å². The molecule has 0 atom stereocenters. The first kappa shape index (κ1) is 19.1. The minimum absolute atomic E-state index is 0.449. The lowest BCUT2D eigenvalue weighted by atomic mass is 9.74. The van der Waals surface area contributed by atoms with Gasteiger partial charge >= 0.3 is 0 Å². The molecule has 0 aliphatic rings. The third-order valence-corrected chi connectivity index (χ3v) is 1.92. The van der Waals surface area contributed by atoms with E-state index in [-0.39, 0.29) is 0 Å². The summed E-state index contributed by atoms with van der Waals surface area (Å²) in [5.74, 6) is 0. The molecular formula is C17H36. The lowest BCUT2D eigenvalue weighted by Gasteiger charge is -2.31. The number of allylic oxidation sites excluding steroid dienone is 2. The van der Waals surface area contributed by atoms with Crippen LogP contribution in [0.5, 0.6) is 0 Å². The number of hydrogen-bond acceptors (Lipinski definition) is 0. The molecular weight excluding hydrogens is 204 g/mol. The van der Waals surface area contributed by atoms with Gasteiger partial charge in [-0.2, -0.15) is 0 Å². The average Bonchev–Trinajstić information content (AvgIpc) is 1.92. The Hall–Kier alpha value is -0.260. The highest BCUT2D eigenvalue weighted by Gasteiger charge is 2.23. The van der Waals surface area contributed by atoms with Gasteiger partial charge in [0.05, 0.1) is 0 Å². The molecule has 0 amide bonds. The van der Waals surface area contributed by atoms with Crippen LogP contribution in [0.3, 0.4) is 0 Å². The molecule has 0 radical (unpaired) electrons. The van der Waals surface area contributed by atoms with Crippen molar-refractivity contribution in [2.24, 2.45) is 16.2 Å². The van der Waals surface area contributed by atoms with Crippen LogP contribution in [0.4, 0.5) is 0 Å². The van der Waals surface area contributed by atoms with Crippen molar-refractivity contribution in [2.75, 3.05) is 0 Å².